The van der Waals surface area contributed by atoms with Crippen LogP contribution in [0.25, 0.3) is 0 Å². The minimum absolute atomic E-state index is 0.243. The van der Waals surface area contributed by atoms with Crippen LogP contribution in [0.3, 0.4) is 0 Å². The maximum absolute atomic E-state index is 12.5. The number of amides is 1. The quantitative estimate of drug-likeness (QED) is 0.848. The van der Waals surface area contributed by atoms with Crippen LogP contribution in [-0.4, -0.2) is 29.1 Å². The number of carbonyl (C=O) groups excluding carboxylic acids is 1. The van der Waals surface area contributed by atoms with E-state index in [1.807, 2.05) is 0 Å². The maximum atomic E-state index is 12.5. The van der Waals surface area contributed by atoms with Crippen molar-refractivity contribution in [3.63, 3.8) is 0 Å². The number of anilines is 1. The molecule has 0 aromatic carbocycles. The van der Waals surface area contributed by atoms with Crippen molar-refractivity contribution in [2.24, 2.45) is 5.92 Å². The van der Waals surface area contributed by atoms with Gasteiger partial charge in [0.2, 0.25) is 0 Å². The lowest BCUT2D eigenvalue weighted by molar-refractivity contribution is 0.0794. The molecule has 140 valence electrons. The number of aromatic nitrogens is 2. The van der Waals surface area contributed by atoms with E-state index in [0.29, 0.717) is 16.7 Å². The van der Waals surface area contributed by atoms with Crippen LogP contribution in [-0.2, 0) is 17.6 Å². The number of aryl methyl sites for hydroxylation is 1. The number of hydrogen-bond donors (Lipinski definition) is 1. The third-order valence-corrected chi connectivity index (χ3v) is 6.32. The van der Waals surface area contributed by atoms with Gasteiger partial charge in [0.25, 0.3) is 5.91 Å². The highest BCUT2D eigenvalue weighted by Gasteiger charge is 2.25. The van der Waals surface area contributed by atoms with E-state index in [4.69, 9.17) is 9.15 Å². The molecule has 2 aromatic rings. The van der Waals surface area contributed by atoms with E-state index < -0.39 is 0 Å². The molecule has 0 bridgehead atoms. The van der Waals surface area contributed by atoms with Crippen LogP contribution in [0.1, 0.15) is 71.9 Å². The van der Waals surface area contributed by atoms with Crippen LogP contribution in [0.15, 0.2) is 10.7 Å². The number of nitrogens with one attached hydrogen (secondary N) is 1. The fourth-order valence-corrected chi connectivity index (χ4v) is 4.95. The van der Waals surface area contributed by atoms with Gasteiger partial charge in [-0.15, -0.1) is 11.3 Å². The largest absolute Gasteiger partial charge is 0.448 e. The van der Waals surface area contributed by atoms with Crippen LogP contribution in [0.2, 0.25) is 0 Å². The van der Waals surface area contributed by atoms with Gasteiger partial charge in [-0.05, 0) is 38.0 Å². The Morgan fingerprint density at radius 2 is 2.15 bits per heavy atom. The summed E-state index contributed by atoms with van der Waals surface area (Å²) in [6, 6.07) is 0. The van der Waals surface area contributed by atoms with Gasteiger partial charge in [-0.2, -0.15) is 0 Å². The highest BCUT2D eigenvalue weighted by molar-refractivity contribution is 7.15. The predicted octanol–water partition coefficient (Wildman–Crippen LogP) is 4.18. The highest BCUT2D eigenvalue weighted by atomic mass is 32.1. The molecule has 7 heteroatoms. The number of nitrogens with zero attached hydrogens (tertiary/aromatic N) is 2. The topological polar surface area (TPSA) is 77.2 Å². The van der Waals surface area contributed by atoms with E-state index >= 15 is 0 Å². The summed E-state index contributed by atoms with van der Waals surface area (Å²) in [5, 5.41) is 3.57. The first-order chi connectivity index (χ1) is 12.7. The first kappa shape index (κ1) is 17.7. The van der Waals surface area contributed by atoms with Crippen LogP contribution in [0.5, 0.6) is 0 Å². The number of carbonyl (C=O) groups is 1. The average molecular weight is 375 g/mol. The minimum Gasteiger partial charge on any atom is -0.448 e. The van der Waals surface area contributed by atoms with Crippen LogP contribution < -0.4 is 5.32 Å². The van der Waals surface area contributed by atoms with Gasteiger partial charge in [0, 0.05) is 24.0 Å². The van der Waals surface area contributed by atoms with Gasteiger partial charge >= 0.3 is 0 Å². The summed E-state index contributed by atoms with van der Waals surface area (Å²) in [5.74, 6) is 1.39. The zero-order chi connectivity index (χ0) is 17.9. The molecule has 4 rings (SSSR count). The van der Waals surface area contributed by atoms with Crippen molar-refractivity contribution in [2.45, 2.75) is 57.8 Å². The van der Waals surface area contributed by atoms with Gasteiger partial charge in [-0.1, -0.05) is 19.8 Å². The van der Waals surface area contributed by atoms with Crippen LogP contribution in [0.4, 0.5) is 5.13 Å². The Hall–Kier alpha value is -1.73. The number of ether oxygens (including phenoxy) is 1. The molecule has 1 N–H and O–H groups in total. The van der Waals surface area contributed by atoms with E-state index in [-0.39, 0.29) is 11.8 Å². The maximum Gasteiger partial charge on any atom is 0.279 e. The van der Waals surface area contributed by atoms with Crippen molar-refractivity contribution in [1.82, 2.24) is 9.97 Å². The van der Waals surface area contributed by atoms with Crippen molar-refractivity contribution in [2.75, 3.05) is 18.5 Å². The molecule has 2 aliphatic rings. The summed E-state index contributed by atoms with van der Waals surface area (Å²) >= 11 is 1.60. The van der Waals surface area contributed by atoms with Gasteiger partial charge < -0.3 is 9.15 Å². The van der Waals surface area contributed by atoms with Crippen molar-refractivity contribution in [1.29, 1.82) is 0 Å². The Labute approximate surface area is 157 Å². The molecular weight excluding hydrogens is 350 g/mol. The molecule has 3 heterocycles. The van der Waals surface area contributed by atoms with E-state index in [0.717, 1.165) is 50.5 Å². The average Bonchev–Trinajstić information content (AvgIpc) is 3.29. The lowest BCUT2D eigenvalue weighted by Gasteiger charge is -2.19. The Morgan fingerprint density at radius 3 is 2.96 bits per heavy atom. The fourth-order valence-electron chi connectivity index (χ4n) is 3.84. The molecule has 1 amide bonds. The van der Waals surface area contributed by atoms with Crippen molar-refractivity contribution in [3.05, 3.63) is 28.4 Å². The molecular formula is C19H25N3O3S. The first-order valence-corrected chi connectivity index (χ1v) is 10.4. The van der Waals surface area contributed by atoms with Gasteiger partial charge in [0.15, 0.2) is 16.7 Å². The number of fused-ring (bicyclic) bond motifs is 1. The second-order valence-corrected chi connectivity index (χ2v) is 8.28. The molecule has 0 radical (unpaired) electrons. The van der Waals surface area contributed by atoms with Gasteiger partial charge in [0.1, 0.15) is 6.26 Å². The molecule has 1 fully saturated rings. The van der Waals surface area contributed by atoms with Gasteiger partial charge in [-0.25, -0.2) is 9.97 Å². The fraction of sp³-hybridized carbons (Fsp3) is 0.632. The SMILES string of the molecule is CCCC1CCc2nc(NC(=O)c3coc(C4CCOCC4)n3)sc2C1. The molecule has 0 saturated carbocycles. The molecule has 26 heavy (non-hydrogen) atoms. The molecule has 1 atom stereocenters. The Bertz CT molecular complexity index is 764. The van der Waals surface area contributed by atoms with E-state index in [1.165, 1.54) is 30.4 Å². The first-order valence-electron chi connectivity index (χ1n) is 9.56. The molecule has 1 saturated heterocycles. The lowest BCUT2D eigenvalue weighted by Crippen LogP contribution is -2.15. The van der Waals surface area contributed by atoms with Crippen molar-refractivity contribution in [3.8, 4) is 0 Å². The van der Waals surface area contributed by atoms with Crippen LogP contribution >= 0.6 is 11.3 Å². The molecule has 1 unspecified atom stereocenters. The lowest BCUT2D eigenvalue weighted by atomic mass is 9.88. The number of rotatable bonds is 5. The summed E-state index contributed by atoms with van der Waals surface area (Å²) < 4.78 is 10.9. The summed E-state index contributed by atoms with van der Waals surface area (Å²) in [7, 11) is 0. The second-order valence-electron chi connectivity index (χ2n) is 7.20. The molecule has 2 aromatic heterocycles. The monoisotopic (exact) mass is 375 g/mol. The highest BCUT2D eigenvalue weighted by Crippen LogP contribution is 2.34. The molecule has 1 aliphatic heterocycles. The normalized spacial score (nSPS) is 20.7. The Balaban J connectivity index is 1.40. The van der Waals surface area contributed by atoms with Crippen molar-refractivity contribution >= 4 is 22.4 Å². The molecule has 6 nitrogen and oxygen atoms in total. The van der Waals surface area contributed by atoms with E-state index in [2.05, 4.69) is 22.2 Å². The smallest absolute Gasteiger partial charge is 0.279 e. The summed E-state index contributed by atoms with van der Waals surface area (Å²) in [6.45, 7) is 3.68. The summed E-state index contributed by atoms with van der Waals surface area (Å²) in [6.07, 6.45) is 9.04. The zero-order valence-corrected chi connectivity index (χ0v) is 15.9. The minimum atomic E-state index is -0.247. The Morgan fingerprint density at radius 1 is 1.31 bits per heavy atom. The second kappa shape index (κ2) is 7.88. The standard InChI is InChI=1S/C19H25N3O3S/c1-2-3-12-4-5-14-16(10-12)26-19(21-14)22-17(23)15-11-25-18(20-15)13-6-8-24-9-7-13/h11-13H,2-10H2,1H3,(H,21,22,23). The third kappa shape index (κ3) is 3.83. The predicted molar refractivity (Wildman–Crippen MR) is 99.8 cm³/mol. The van der Waals surface area contributed by atoms with Crippen molar-refractivity contribution < 1.29 is 13.9 Å². The van der Waals surface area contributed by atoms with Crippen LogP contribution in [0, 0.1) is 5.92 Å². The molecule has 1 aliphatic carbocycles. The summed E-state index contributed by atoms with van der Waals surface area (Å²) in [4.78, 5) is 22.8. The number of hydrogen-bond acceptors (Lipinski definition) is 6. The Kier molecular flexibility index (Phi) is 5.36. The molecule has 0 spiro atoms. The number of oxazole rings is 1. The zero-order valence-electron chi connectivity index (χ0n) is 15.1. The summed E-state index contributed by atoms with van der Waals surface area (Å²) in [5.41, 5.74) is 1.48. The van der Waals surface area contributed by atoms with Gasteiger partial charge in [-0.3, -0.25) is 10.1 Å². The number of thiazole rings is 1. The van der Waals surface area contributed by atoms with Gasteiger partial charge in [0.05, 0.1) is 5.69 Å². The third-order valence-electron chi connectivity index (χ3n) is 5.28. The van der Waals surface area contributed by atoms with E-state index in [1.54, 1.807) is 11.3 Å². The van der Waals surface area contributed by atoms with E-state index in [9.17, 15) is 4.79 Å².